The lowest BCUT2D eigenvalue weighted by Gasteiger charge is -2.16. The van der Waals surface area contributed by atoms with Crippen molar-refractivity contribution in [2.45, 2.75) is 64.5 Å². The quantitative estimate of drug-likeness (QED) is 0.805. The number of aromatic nitrogens is 1. The molecule has 102 valence electrons. The molecule has 0 bridgehead atoms. The van der Waals surface area contributed by atoms with Gasteiger partial charge in [-0.15, -0.1) is 0 Å². The van der Waals surface area contributed by atoms with Gasteiger partial charge in [-0.1, -0.05) is 43.9 Å². The summed E-state index contributed by atoms with van der Waals surface area (Å²) in [7, 11) is 0. The highest BCUT2D eigenvalue weighted by Crippen LogP contribution is 2.26. The topological polar surface area (TPSA) is 44.9 Å². The maximum absolute atomic E-state index is 11.0. The number of hydrogen-bond donors (Lipinski definition) is 2. The maximum Gasteiger partial charge on any atom is 0.304 e. The van der Waals surface area contributed by atoms with E-state index < -0.39 is 0 Å². The molecule has 2 atom stereocenters. The van der Waals surface area contributed by atoms with Gasteiger partial charge in [0.15, 0.2) is 0 Å². The molecule has 2 unspecified atom stereocenters. The average Bonchev–Trinajstić information content (AvgIpc) is 2.64. The van der Waals surface area contributed by atoms with Crippen molar-refractivity contribution < 1.29 is 0 Å². The van der Waals surface area contributed by atoms with Gasteiger partial charge in [-0.2, -0.15) is 0 Å². The minimum absolute atomic E-state index is 0.0516. The molecular weight excluding hydrogens is 244 g/mol. The van der Waals surface area contributed by atoms with E-state index >= 15 is 0 Å². The van der Waals surface area contributed by atoms with E-state index in [0.717, 1.165) is 18.2 Å². The van der Waals surface area contributed by atoms with Crippen LogP contribution in [0.2, 0.25) is 0 Å². The Morgan fingerprint density at radius 3 is 3.00 bits per heavy atom. The fourth-order valence-electron chi connectivity index (χ4n) is 2.93. The van der Waals surface area contributed by atoms with Crippen molar-refractivity contribution in [1.82, 2.24) is 10.3 Å². The van der Waals surface area contributed by atoms with Crippen LogP contribution in [-0.2, 0) is 6.54 Å². The van der Waals surface area contributed by atoms with Crippen LogP contribution in [0, 0.1) is 5.92 Å². The van der Waals surface area contributed by atoms with E-state index in [0.29, 0.717) is 6.04 Å². The Labute approximate surface area is 113 Å². The lowest BCUT2D eigenvalue weighted by Crippen LogP contribution is -2.28. The van der Waals surface area contributed by atoms with E-state index in [2.05, 4.69) is 17.2 Å². The molecule has 1 saturated carbocycles. The van der Waals surface area contributed by atoms with Gasteiger partial charge < -0.3 is 10.3 Å². The first-order valence-electron chi connectivity index (χ1n) is 7.18. The first-order valence-corrected chi connectivity index (χ1v) is 8.06. The van der Waals surface area contributed by atoms with Gasteiger partial charge in [-0.05, 0) is 25.2 Å². The summed E-state index contributed by atoms with van der Waals surface area (Å²) in [5.74, 6) is 0.947. The molecule has 3 nitrogen and oxygen atoms in total. The molecule has 0 radical (unpaired) electrons. The molecule has 1 heterocycles. The van der Waals surface area contributed by atoms with E-state index in [9.17, 15) is 4.79 Å². The van der Waals surface area contributed by atoms with Crippen molar-refractivity contribution in [3.05, 3.63) is 20.7 Å². The van der Waals surface area contributed by atoms with E-state index in [-0.39, 0.29) is 4.87 Å². The van der Waals surface area contributed by atoms with Crippen LogP contribution in [0.5, 0.6) is 0 Å². The van der Waals surface area contributed by atoms with Crippen LogP contribution >= 0.6 is 11.3 Å². The van der Waals surface area contributed by atoms with E-state index in [4.69, 9.17) is 0 Å². The third kappa shape index (κ3) is 4.25. The third-order valence-corrected chi connectivity index (χ3v) is 4.66. The number of H-pyrrole nitrogens is 1. The van der Waals surface area contributed by atoms with Crippen molar-refractivity contribution in [3.8, 4) is 0 Å². The van der Waals surface area contributed by atoms with Gasteiger partial charge in [0.1, 0.15) is 0 Å². The highest BCUT2D eigenvalue weighted by Gasteiger charge is 2.17. The molecule has 0 aromatic carbocycles. The number of hydrogen-bond acceptors (Lipinski definition) is 3. The summed E-state index contributed by atoms with van der Waals surface area (Å²) in [6.07, 6.45) is 9.41. The van der Waals surface area contributed by atoms with Gasteiger partial charge in [0.2, 0.25) is 0 Å². The zero-order chi connectivity index (χ0) is 12.8. The molecule has 1 aliphatic rings. The monoisotopic (exact) mass is 268 g/mol. The van der Waals surface area contributed by atoms with Crippen molar-refractivity contribution >= 4 is 11.3 Å². The molecule has 0 spiro atoms. The van der Waals surface area contributed by atoms with Crippen molar-refractivity contribution in [2.24, 2.45) is 5.92 Å². The number of nitrogens with one attached hydrogen (secondary N) is 2. The van der Waals surface area contributed by atoms with Crippen LogP contribution in [0.4, 0.5) is 0 Å². The second-order valence-electron chi connectivity index (χ2n) is 5.41. The van der Waals surface area contributed by atoms with Crippen molar-refractivity contribution in [3.63, 3.8) is 0 Å². The van der Waals surface area contributed by atoms with E-state index in [1.165, 1.54) is 56.3 Å². The molecule has 1 aromatic rings. The van der Waals surface area contributed by atoms with Crippen molar-refractivity contribution in [1.29, 1.82) is 0 Å². The largest absolute Gasteiger partial charge is 0.315 e. The first-order chi connectivity index (χ1) is 8.78. The molecule has 0 amide bonds. The summed E-state index contributed by atoms with van der Waals surface area (Å²) in [5, 5.41) is 5.51. The molecular formula is C14H24N2OS. The summed E-state index contributed by atoms with van der Waals surface area (Å²) < 4.78 is 0. The highest BCUT2D eigenvalue weighted by molar-refractivity contribution is 7.07. The Morgan fingerprint density at radius 2 is 2.28 bits per heavy atom. The second-order valence-corrected chi connectivity index (χ2v) is 6.26. The Morgan fingerprint density at radius 1 is 1.39 bits per heavy atom. The predicted octanol–water partition coefficient (Wildman–Crippen LogP) is 3.28. The molecule has 2 rings (SSSR count). The van der Waals surface area contributed by atoms with Crippen LogP contribution < -0.4 is 10.2 Å². The van der Waals surface area contributed by atoms with Gasteiger partial charge in [0.05, 0.1) is 0 Å². The second kappa shape index (κ2) is 7.10. The van der Waals surface area contributed by atoms with Gasteiger partial charge in [-0.3, -0.25) is 4.79 Å². The fraction of sp³-hybridized carbons (Fsp3) is 0.786. The normalized spacial score (nSPS) is 24.9. The summed E-state index contributed by atoms with van der Waals surface area (Å²) in [4.78, 5) is 14.0. The van der Waals surface area contributed by atoms with Gasteiger partial charge >= 0.3 is 4.87 Å². The molecule has 18 heavy (non-hydrogen) atoms. The summed E-state index contributed by atoms with van der Waals surface area (Å²) in [5.41, 5.74) is 1.03. The van der Waals surface area contributed by atoms with Gasteiger partial charge in [-0.25, -0.2) is 0 Å². The molecule has 2 N–H and O–H groups in total. The zero-order valence-corrected chi connectivity index (χ0v) is 12.0. The predicted molar refractivity (Wildman–Crippen MR) is 77.1 cm³/mol. The molecule has 1 aromatic heterocycles. The fourth-order valence-corrected chi connectivity index (χ4v) is 3.52. The van der Waals surface area contributed by atoms with Crippen LogP contribution in [-0.4, -0.2) is 11.0 Å². The number of thiazole rings is 1. The Hall–Kier alpha value is -0.610. The first kappa shape index (κ1) is 13.8. The lowest BCUT2D eigenvalue weighted by molar-refractivity contribution is 0.409. The molecule has 1 aliphatic carbocycles. The van der Waals surface area contributed by atoms with Crippen LogP contribution in [0.3, 0.4) is 0 Å². The van der Waals surface area contributed by atoms with Crippen LogP contribution in [0.15, 0.2) is 10.2 Å². The van der Waals surface area contributed by atoms with Crippen LogP contribution in [0.25, 0.3) is 0 Å². The summed E-state index contributed by atoms with van der Waals surface area (Å²) in [6.45, 7) is 3.09. The SMILES string of the molecule is CCCC1CCCC(NCc2csc(=O)[nH]2)CC1. The Kier molecular flexibility index (Phi) is 5.45. The molecule has 4 heteroatoms. The molecule has 1 fully saturated rings. The standard InChI is InChI=1S/C14H24N2OS/c1-2-4-11-5-3-6-12(8-7-11)15-9-13-10-18-14(17)16-13/h10-12,15H,2-9H2,1H3,(H,16,17). The number of aromatic amines is 1. The van der Waals surface area contributed by atoms with Crippen LogP contribution in [0.1, 0.15) is 57.6 Å². The van der Waals surface area contributed by atoms with E-state index in [1.54, 1.807) is 0 Å². The zero-order valence-electron chi connectivity index (χ0n) is 11.2. The Balaban J connectivity index is 1.75. The minimum atomic E-state index is 0.0516. The average molecular weight is 268 g/mol. The molecule has 0 saturated heterocycles. The Bertz CT molecular complexity index is 398. The lowest BCUT2D eigenvalue weighted by atomic mass is 9.95. The maximum atomic E-state index is 11.0. The smallest absolute Gasteiger partial charge is 0.304 e. The molecule has 0 aliphatic heterocycles. The van der Waals surface area contributed by atoms with Gasteiger partial charge in [0.25, 0.3) is 0 Å². The summed E-state index contributed by atoms with van der Waals surface area (Å²) >= 11 is 1.25. The van der Waals surface area contributed by atoms with E-state index in [1.807, 2.05) is 5.38 Å². The highest BCUT2D eigenvalue weighted by atomic mass is 32.1. The third-order valence-electron chi connectivity index (χ3n) is 3.94. The van der Waals surface area contributed by atoms with Crippen molar-refractivity contribution in [2.75, 3.05) is 0 Å². The number of rotatable bonds is 5. The minimum Gasteiger partial charge on any atom is -0.315 e. The van der Waals surface area contributed by atoms with Gasteiger partial charge in [0, 0.05) is 23.7 Å². The summed E-state index contributed by atoms with van der Waals surface area (Å²) in [6, 6.07) is 0.634.